The highest BCUT2D eigenvalue weighted by Gasteiger charge is 2.51. The third-order valence-corrected chi connectivity index (χ3v) is 3.56. The molecule has 6 nitrogen and oxygen atoms in total. The molecule has 110 valence electrons. The van der Waals surface area contributed by atoms with E-state index in [0.29, 0.717) is 5.56 Å². The summed E-state index contributed by atoms with van der Waals surface area (Å²) in [7, 11) is 1.28. The first kappa shape index (κ1) is 15.1. The Labute approximate surface area is 116 Å². The minimum Gasteiger partial charge on any atom is -0.391 e. The number of hydrogen-bond donors (Lipinski definition) is 3. The molecule has 0 spiro atoms. The highest BCUT2D eigenvalue weighted by molar-refractivity contribution is 5.99. The van der Waals surface area contributed by atoms with Gasteiger partial charge in [0.25, 0.3) is 0 Å². The van der Waals surface area contributed by atoms with Gasteiger partial charge in [-0.1, -0.05) is 30.3 Å². The standard InChI is InChI=1S/C14H18O6/c1-19-14(8-15)11(16)7-10(20-14)13(18)12(17)9-5-3-2-4-6-9/h2-6,10-11,13,15-16,18H,7-8H2,1H3/t10-,11-,13?,14-/m0/s1. The van der Waals surface area contributed by atoms with Crippen molar-refractivity contribution in [2.75, 3.05) is 13.7 Å². The van der Waals surface area contributed by atoms with Crippen molar-refractivity contribution in [2.45, 2.75) is 30.5 Å². The minimum atomic E-state index is -1.58. The van der Waals surface area contributed by atoms with Crippen molar-refractivity contribution in [3.8, 4) is 0 Å². The normalized spacial score (nSPS) is 31.2. The Hall–Kier alpha value is -1.31. The fourth-order valence-corrected chi connectivity index (χ4v) is 2.31. The number of carbonyl (C=O) groups is 1. The lowest BCUT2D eigenvalue weighted by Crippen LogP contribution is -2.45. The van der Waals surface area contributed by atoms with Crippen LogP contribution in [0.3, 0.4) is 0 Å². The molecule has 4 atom stereocenters. The lowest BCUT2D eigenvalue weighted by Gasteiger charge is -2.28. The van der Waals surface area contributed by atoms with E-state index in [4.69, 9.17) is 9.47 Å². The zero-order valence-corrected chi connectivity index (χ0v) is 11.1. The summed E-state index contributed by atoms with van der Waals surface area (Å²) in [5, 5.41) is 29.2. The van der Waals surface area contributed by atoms with Gasteiger partial charge in [-0.05, 0) is 0 Å². The molecule has 0 bridgehead atoms. The largest absolute Gasteiger partial charge is 0.391 e. The number of carbonyl (C=O) groups excluding carboxylic acids is 1. The molecule has 1 aromatic rings. The average molecular weight is 282 g/mol. The summed E-state index contributed by atoms with van der Waals surface area (Å²) in [6.07, 6.45) is -3.45. The van der Waals surface area contributed by atoms with Crippen molar-refractivity contribution in [2.24, 2.45) is 0 Å². The lowest BCUT2D eigenvalue weighted by molar-refractivity contribution is -0.266. The van der Waals surface area contributed by atoms with Crippen LogP contribution in [0.15, 0.2) is 30.3 Å². The second kappa shape index (κ2) is 5.99. The van der Waals surface area contributed by atoms with Gasteiger partial charge in [-0.2, -0.15) is 0 Å². The van der Waals surface area contributed by atoms with E-state index in [9.17, 15) is 20.1 Å². The first-order valence-corrected chi connectivity index (χ1v) is 6.33. The average Bonchev–Trinajstić information content (AvgIpc) is 2.84. The monoisotopic (exact) mass is 282 g/mol. The van der Waals surface area contributed by atoms with E-state index in [0.717, 1.165) is 0 Å². The van der Waals surface area contributed by atoms with Crippen LogP contribution < -0.4 is 0 Å². The van der Waals surface area contributed by atoms with Gasteiger partial charge >= 0.3 is 0 Å². The number of aliphatic hydroxyl groups excluding tert-OH is 3. The summed E-state index contributed by atoms with van der Waals surface area (Å²) in [5.41, 5.74) is 0.358. The molecule has 2 rings (SSSR count). The molecule has 1 unspecified atom stereocenters. The summed E-state index contributed by atoms with van der Waals surface area (Å²) >= 11 is 0. The molecule has 0 amide bonds. The van der Waals surface area contributed by atoms with Gasteiger partial charge in [0, 0.05) is 19.1 Å². The summed E-state index contributed by atoms with van der Waals surface area (Å²) in [6.45, 7) is -0.562. The number of methoxy groups -OCH3 is 1. The van der Waals surface area contributed by atoms with Gasteiger partial charge in [0.15, 0.2) is 5.78 Å². The number of hydrogen-bond acceptors (Lipinski definition) is 6. The Morgan fingerprint density at radius 1 is 1.50 bits per heavy atom. The maximum absolute atomic E-state index is 12.1. The number of benzene rings is 1. The van der Waals surface area contributed by atoms with Gasteiger partial charge in [-0.25, -0.2) is 0 Å². The van der Waals surface area contributed by atoms with Gasteiger partial charge in [-0.15, -0.1) is 0 Å². The van der Waals surface area contributed by atoms with Gasteiger partial charge in [0.05, 0.1) is 12.7 Å². The molecule has 0 aromatic heterocycles. The van der Waals surface area contributed by atoms with E-state index in [1.54, 1.807) is 30.3 Å². The Bertz CT molecular complexity index is 456. The Kier molecular flexibility index (Phi) is 4.52. The van der Waals surface area contributed by atoms with Crippen LogP contribution in [0.4, 0.5) is 0 Å². The van der Waals surface area contributed by atoms with Crippen LogP contribution in [0.2, 0.25) is 0 Å². The summed E-state index contributed by atoms with van der Waals surface area (Å²) in [5.74, 6) is -2.07. The molecule has 3 N–H and O–H groups in total. The smallest absolute Gasteiger partial charge is 0.218 e. The molecule has 0 radical (unpaired) electrons. The maximum atomic E-state index is 12.1. The molecule has 1 aliphatic heterocycles. The van der Waals surface area contributed by atoms with Crippen LogP contribution in [-0.4, -0.2) is 58.9 Å². The third-order valence-electron chi connectivity index (χ3n) is 3.56. The van der Waals surface area contributed by atoms with Crippen molar-refractivity contribution >= 4 is 5.78 Å². The number of ketones is 1. The fourth-order valence-electron chi connectivity index (χ4n) is 2.31. The van der Waals surface area contributed by atoms with E-state index in [1.807, 2.05) is 0 Å². The summed E-state index contributed by atoms with van der Waals surface area (Å²) in [4.78, 5) is 12.1. The van der Waals surface area contributed by atoms with Gasteiger partial charge in [0.2, 0.25) is 5.79 Å². The first-order chi connectivity index (χ1) is 9.54. The van der Waals surface area contributed by atoms with E-state index in [2.05, 4.69) is 0 Å². The minimum absolute atomic E-state index is 0.00808. The second-order valence-electron chi connectivity index (χ2n) is 4.76. The van der Waals surface area contributed by atoms with Crippen LogP contribution in [0.5, 0.6) is 0 Å². The highest BCUT2D eigenvalue weighted by Crippen LogP contribution is 2.33. The number of rotatable bonds is 5. The van der Waals surface area contributed by atoms with Crippen molar-refractivity contribution in [1.82, 2.24) is 0 Å². The molecule has 20 heavy (non-hydrogen) atoms. The molecule has 1 fully saturated rings. The predicted molar refractivity (Wildman–Crippen MR) is 69.1 cm³/mol. The fraction of sp³-hybridized carbons (Fsp3) is 0.500. The number of ether oxygens (including phenoxy) is 2. The molecule has 0 saturated carbocycles. The Morgan fingerprint density at radius 3 is 2.65 bits per heavy atom. The van der Waals surface area contributed by atoms with E-state index >= 15 is 0 Å². The summed E-state index contributed by atoms with van der Waals surface area (Å²) in [6, 6.07) is 8.33. The SMILES string of the molecule is CO[C@@]1(CO)O[C@H](C(O)C(=O)c2ccccc2)C[C@@H]1O. The van der Waals surface area contributed by atoms with Crippen LogP contribution in [0.1, 0.15) is 16.8 Å². The molecule has 1 aromatic carbocycles. The highest BCUT2D eigenvalue weighted by atomic mass is 16.7. The first-order valence-electron chi connectivity index (χ1n) is 6.33. The van der Waals surface area contributed by atoms with Gasteiger partial charge < -0.3 is 24.8 Å². The predicted octanol–water partition coefficient (Wildman–Crippen LogP) is -0.285. The molecular formula is C14H18O6. The number of Topliss-reactive ketones (excluding diaryl/α,β-unsaturated/α-hetero) is 1. The van der Waals surface area contributed by atoms with Crippen LogP contribution >= 0.6 is 0 Å². The van der Waals surface area contributed by atoms with Crippen LogP contribution in [0, 0.1) is 0 Å². The molecular weight excluding hydrogens is 264 g/mol. The Balaban J connectivity index is 2.12. The zero-order valence-electron chi connectivity index (χ0n) is 11.1. The molecule has 6 heteroatoms. The molecule has 0 aliphatic carbocycles. The van der Waals surface area contributed by atoms with Crippen LogP contribution in [0.25, 0.3) is 0 Å². The topological polar surface area (TPSA) is 96.2 Å². The number of aliphatic hydroxyl groups is 3. The quantitative estimate of drug-likeness (QED) is 0.643. The molecule has 1 saturated heterocycles. The van der Waals surface area contributed by atoms with Crippen molar-refractivity contribution in [3.63, 3.8) is 0 Å². The zero-order chi connectivity index (χ0) is 14.8. The van der Waals surface area contributed by atoms with Crippen LogP contribution in [-0.2, 0) is 9.47 Å². The summed E-state index contributed by atoms with van der Waals surface area (Å²) < 4.78 is 10.4. The van der Waals surface area contributed by atoms with E-state index in [1.165, 1.54) is 7.11 Å². The van der Waals surface area contributed by atoms with Crippen molar-refractivity contribution in [1.29, 1.82) is 0 Å². The van der Waals surface area contributed by atoms with Gasteiger partial charge in [-0.3, -0.25) is 4.79 Å². The van der Waals surface area contributed by atoms with Gasteiger partial charge in [0.1, 0.15) is 12.2 Å². The molecule has 1 aliphatic rings. The van der Waals surface area contributed by atoms with Crippen molar-refractivity contribution < 1.29 is 29.6 Å². The second-order valence-corrected chi connectivity index (χ2v) is 4.76. The molecule has 1 heterocycles. The maximum Gasteiger partial charge on any atom is 0.218 e. The van der Waals surface area contributed by atoms with Crippen molar-refractivity contribution in [3.05, 3.63) is 35.9 Å². The van der Waals surface area contributed by atoms with E-state index in [-0.39, 0.29) is 6.42 Å². The third kappa shape index (κ3) is 2.61. The Morgan fingerprint density at radius 2 is 2.15 bits per heavy atom. The lowest BCUT2D eigenvalue weighted by atomic mass is 9.99. The van der Waals surface area contributed by atoms with E-state index < -0.39 is 36.5 Å².